The van der Waals surface area contributed by atoms with E-state index in [1.807, 2.05) is 12.1 Å². The number of aryl methyl sites for hydroxylation is 1. The molecule has 23 heavy (non-hydrogen) atoms. The molecule has 2 N–H and O–H groups in total. The van der Waals surface area contributed by atoms with Crippen LogP contribution in [-0.2, 0) is 6.42 Å². The van der Waals surface area contributed by atoms with Gasteiger partial charge in [0.1, 0.15) is 5.75 Å². The number of anilines is 2. The third kappa shape index (κ3) is 2.72. The standard InChI is InChI=1S/C19H19BN2O/c1-23-16-10-8-14(9-11-16)12-13-20-21-17-6-2-4-15-5-3-7-18(22-20)19(15)17/h2-11,21-22H,12-13H2,1H3. The fraction of sp³-hybridized carbons (Fsp3) is 0.158. The van der Waals surface area contributed by atoms with Gasteiger partial charge in [-0.1, -0.05) is 36.4 Å². The third-order valence-corrected chi connectivity index (χ3v) is 4.44. The van der Waals surface area contributed by atoms with Crippen LogP contribution in [0.25, 0.3) is 10.8 Å². The van der Waals surface area contributed by atoms with Crippen LogP contribution in [0.4, 0.5) is 11.4 Å². The Bertz CT molecular complexity index is 792. The maximum Gasteiger partial charge on any atom is 0.370 e. The largest absolute Gasteiger partial charge is 0.497 e. The summed E-state index contributed by atoms with van der Waals surface area (Å²) in [4.78, 5) is 0. The normalized spacial score (nSPS) is 12.7. The summed E-state index contributed by atoms with van der Waals surface area (Å²) in [6, 6.07) is 21.2. The van der Waals surface area contributed by atoms with E-state index in [-0.39, 0.29) is 6.98 Å². The zero-order valence-electron chi connectivity index (χ0n) is 13.2. The van der Waals surface area contributed by atoms with E-state index in [0.717, 1.165) is 18.5 Å². The number of nitrogens with one attached hydrogen (secondary N) is 2. The summed E-state index contributed by atoms with van der Waals surface area (Å²) in [7, 11) is 1.70. The second-order valence-corrected chi connectivity index (χ2v) is 5.94. The Morgan fingerprint density at radius 3 is 2.13 bits per heavy atom. The highest BCUT2D eigenvalue weighted by Gasteiger charge is 2.22. The smallest absolute Gasteiger partial charge is 0.370 e. The van der Waals surface area contributed by atoms with Crippen molar-refractivity contribution >= 4 is 29.1 Å². The molecule has 0 spiro atoms. The first-order chi connectivity index (χ1) is 11.3. The summed E-state index contributed by atoms with van der Waals surface area (Å²) in [5.41, 5.74) is 3.76. The van der Waals surface area contributed by atoms with Crippen LogP contribution in [-0.4, -0.2) is 14.1 Å². The zero-order chi connectivity index (χ0) is 15.6. The van der Waals surface area contributed by atoms with Gasteiger partial charge >= 0.3 is 6.98 Å². The molecule has 0 saturated carbocycles. The van der Waals surface area contributed by atoms with E-state index in [1.54, 1.807) is 7.11 Å². The summed E-state index contributed by atoms with van der Waals surface area (Å²) < 4.78 is 5.21. The molecule has 0 atom stereocenters. The van der Waals surface area contributed by atoms with Gasteiger partial charge in [-0.3, -0.25) is 0 Å². The van der Waals surface area contributed by atoms with Crippen molar-refractivity contribution < 1.29 is 4.74 Å². The molecule has 114 valence electrons. The van der Waals surface area contributed by atoms with Crippen molar-refractivity contribution in [3.63, 3.8) is 0 Å². The lowest BCUT2D eigenvalue weighted by atomic mass is 9.68. The molecule has 1 aliphatic heterocycles. The molecule has 0 unspecified atom stereocenters. The lowest BCUT2D eigenvalue weighted by Crippen LogP contribution is -2.37. The van der Waals surface area contributed by atoms with Crippen molar-refractivity contribution in [2.75, 3.05) is 17.6 Å². The van der Waals surface area contributed by atoms with Crippen LogP contribution in [0, 0.1) is 0 Å². The third-order valence-electron chi connectivity index (χ3n) is 4.44. The Hall–Kier alpha value is -2.62. The number of hydrogen-bond donors (Lipinski definition) is 2. The number of hydrogen-bond acceptors (Lipinski definition) is 3. The predicted molar refractivity (Wildman–Crippen MR) is 98.5 cm³/mol. The Labute approximate surface area is 136 Å². The molecule has 0 aliphatic carbocycles. The molecule has 3 aromatic rings. The topological polar surface area (TPSA) is 33.3 Å². The highest BCUT2D eigenvalue weighted by Crippen LogP contribution is 2.34. The van der Waals surface area contributed by atoms with Crippen LogP contribution >= 0.6 is 0 Å². The van der Waals surface area contributed by atoms with Crippen LogP contribution < -0.4 is 15.2 Å². The van der Waals surface area contributed by atoms with Crippen molar-refractivity contribution in [1.29, 1.82) is 0 Å². The van der Waals surface area contributed by atoms with Crippen molar-refractivity contribution in [1.82, 2.24) is 0 Å². The SMILES string of the molecule is COc1ccc(CCB2Nc3cccc4cccc(c34)N2)cc1. The fourth-order valence-corrected chi connectivity index (χ4v) is 3.24. The van der Waals surface area contributed by atoms with E-state index in [0.29, 0.717) is 0 Å². The molecule has 1 aliphatic rings. The quantitative estimate of drug-likeness (QED) is 0.700. The van der Waals surface area contributed by atoms with Gasteiger partial charge in [0.15, 0.2) is 0 Å². The van der Waals surface area contributed by atoms with Gasteiger partial charge in [-0.2, -0.15) is 0 Å². The molecule has 0 fully saturated rings. The molecule has 0 saturated heterocycles. The second kappa shape index (κ2) is 5.88. The predicted octanol–water partition coefficient (Wildman–Crippen LogP) is 4.42. The molecule has 0 radical (unpaired) electrons. The van der Waals surface area contributed by atoms with Crippen LogP contribution in [0.15, 0.2) is 60.7 Å². The molecule has 1 heterocycles. The molecule has 0 aromatic heterocycles. The van der Waals surface area contributed by atoms with Crippen molar-refractivity contribution in [3.05, 3.63) is 66.2 Å². The zero-order valence-corrected chi connectivity index (χ0v) is 13.2. The maximum atomic E-state index is 5.21. The number of benzene rings is 3. The molecule has 0 amide bonds. The van der Waals surface area contributed by atoms with Gasteiger partial charge in [0.05, 0.1) is 7.11 Å². The Morgan fingerprint density at radius 1 is 0.870 bits per heavy atom. The van der Waals surface area contributed by atoms with Gasteiger partial charge in [-0.05, 0) is 48.0 Å². The van der Waals surface area contributed by atoms with E-state index in [1.165, 1.54) is 27.7 Å². The highest BCUT2D eigenvalue weighted by molar-refractivity contribution is 6.67. The highest BCUT2D eigenvalue weighted by atomic mass is 16.5. The minimum absolute atomic E-state index is 0.248. The lowest BCUT2D eigenvalue weighted by molar-refractivity contribution is 0.414. The lowest BCUT2D eigenvalue weighted by Gasteiger charge is -2.26. The van der Waals surface area contributed by atoms with Gasteiger partial charge < -0.3 is 15.2 Å². The minimum Gasteiger partial charge on any atom is -0.497 e. The molecule has 3 aromatic carbocycles. The molecule has 3 nitrogen and oxygen atoms in total. The van der Waals surface area contributed by atoms with Crippen LogP contribution in [0.2, 0.25) is 6.32 Å². The van der Waals surface area contributed by atoms with Crippen LogP contribution in [0.1, 0.15) is 5.56 Å². The van der Waals surface area contributed by atoms with E-state index in [4.69, 9.17) is 4.74 Å². The van der Waals surface area contributed by atoms with E-state index in [2.05, 4.69) is 59.0 Å². The molecular formula is C19H19BN2O. The molecule has 4 heteroatoms. The summed E-state index contributed by atoms with van der Waals surface area (Å²) in [5.74, 6) is 0.906. The van der Waals surface area contributed by atoms with Gasteiger partial charge in [0.2, 0.25) is 0 Å². The van der Waals surface area contributed by atoms with Gasteiger partial charge in [-0.25, -0.2) is 0 Å². The Kier molecular flexibility index (Phi) is 3.58. The Balaban J connectivity index is 1.49. The first kappa shape index (κ1) is 14.0. The minimum atomic E-state index is 0.248. The average Bonchev–Trinajstić information content (AvgIpc) is 2.61. The van der Waals surface area contributed by atoms with E-state index < -0.39 is 0 Å². The molecule has 0 bridgehead atoms. The number of ether oxygens (including phenoxy) is 1. The van der Waals surface area contributed by atoms with Crippen LogP contribution in [0.5, 0.6) is 5.75 Å². The van der Waals surface area contributed by atoms with E-state index in [9.17, 15) is 0 Å². The summed E-state index contributed by atoms with van der Waals surface area (Å²) in [6.07, 6.45) is 2.05. The van der Waals surface area contributed by atoms with Gasteiger partial charge in [0.25, 0.3) is 0 Å². The molecular weight excluding hydrogens is 283 g/mol. The summed E-state index contributed by atoms with van der Waals surface area (Å²) in [6.45, 7) is 0.248. The first-order valence-corrected chi connectivity index (χ1v) is 8.01. The van der Waals surface area contributed by atoms with E-state index >= 15 is 0 Å². The first-order valence-electron chi connectivity index (χ1n) is 8.01. The van der Waals surface area contributed by atoms with Crippen LogP contribution in [0.3, 0.4) is 0 Å². The number of methoxy groups -OCH3 is 1. The van der Waals surface area contributed by atoms with Crippen molar-refractivity contribution in [3.8, 4) is 5.75 Å². The fourth-order valence-electron chi connectivity index (χ4n) is 3.24. The average molecular weight is 302 g/mol. The summed E-state index contributed by atoms with van der Waals surface area (Å²) >= 11 is 0. The van der Waals surface area contributed by atoms with Gasteiger partial charge in [0, 0.05) is 16.8 Å². The summed E-state index contributed by atoms with van der Waals surface area (Å²) in [5, 5.41) is 9.80. The second-order valence-electron chi connectivity index (χ2n) is 5.94. The number of rotatable bonds is 4. The Morgan fingerprint density at radius 2 is 1.52 bits per heavy atom. The van der Waals surface area contributed by atoms with Crippen molar-refractivity contribution in [2.24, 2.45) is 0 Å². The monoisotopic (exact) mass is 302 g/mol. The molecule has 4 rings (SSSR count). The maximum absolute atomic E-state index is 5.21. The van der Waals surface area contributed by atoms with Gasteiger partial charge in [-0.15, -0.1) is 0 Å². The van der Waals surface area contributed by atoms with Crippen molar-refractivity contribution in [2.45, 2.75) is 12.7 Å².